The van der Waals surface area contributed by atoms with Gasteiger partial charge in [-0.05, 0) is 62.7 Å². The first-order chi connectivity index (χ1) is 15.5. The molecule has 3 aromatic rings. The standard InChI is InChI=1S/C24H27N5O2S/c1-27(2)15-16-29-22(21(26-24(29)32)18-10-6-7-13-25-18)20-12-8-14-28(20)19-11-5-4-9-17(19)23(30)31-3/h4-14,21-22H,15-16H2,1-3H3,(H,26,32)/t21-,22+/m0/s1. The van der Waals surface area contributed by atoms with Gasteiger partial charge in [0.1, 0.15) is 0 Å². The molecule has 8 heteroatoms. The Balaban J connectivity index is 1.82. The molecule has 0 radical (unpaired) electrons. The van der Waals surface area contributed by atoms with Crippen LogP contribution in [-0.2, 0) is 4.74 Å². The number of hydrogen-bond acceptors (Lipinski definition) is 5. The molecular weight excluding hydrogens is 422 g/mol. The molecule has 0 amide bonds. The maximum absolute atomic E-state index is 12.4. The van der Waals surface area contributed by atoms with E-state index < -0.39 is 0 Å². The summed E-state index contributed by atoms with van der Waals surface area (Å²) in [6.45, 7) is 1.61. The Morgan fingerprint density at radius 2 is 1.94 bits per heavy atom. The van der Waals surface area contributed by atoms with Crippen LogP contribution >= 0.6 is 12.2 Å². The van der Waals surface area contributed by atoms with Crippen molar-refractivity contribution in [2.75, 3.05) is 34.3 Å². The zero-order chi connectivity index (χ0) is 22.7. The molecular formula is C24H27N5O2S. The molecule has 2 atom stereocenters. The molecule has 1 saturated heterocycles. The second-order valence-corrected chi connectivity index (χ2v) is 8.32. The molecule has 166 valence electrons. The minimum atomic E-state index is -0.369. The molecule has 4 rings (SSSR count). The number of rotatable bonds is 7. The molecule has 1 N–H and O–H groups in total. The third-order valence-corrected chi connectivity index (χ3v) is 5.99. The minimum absolute atomic E-state index is 0.0990. The molecule has 0 spiro atoms. The number of ether oxygens (including phenoxy) is 1. The number of aromatic nitrogens is 2. The predicted octanol–water partition coefficient (Wildman–Crippen LogP) is 3.19. The summed E-state index contributed by atoms with van der Waals surface area (Å²) in [5.41, 5.74) is 3.21. The van der Waals surface area contributed by atoms with Gasteiger partial charge in [-0.1, -0.05) is 18.2 Å². The summed E-state index contributed by atoms with van der Waals surface area (Å²) >= 11 is 5.75. The van der Waals surface area contributed by atoms with E-state index in [-0.39, 0.29) is 18.1 Å². The predicted molar refractivity (Wildman–Crippen MR) is 128 cm³/mol. The minimum Gasteiger partial charge on any atom is -0.465 e. The topological polar surface area (TPSA) is 62.6 Å². The quantitative estimate of drug-likeness (QED) is 0.439. The van der Waals surface area contributed by atoms with Crippen LogP contribution in [0.1, 0.15) is 33.8 Å². The van der Waals surface area contributed by atoms with Gasteiger partial charge in [0.25, 0.3) is 0 Å². The molecule has 0 saturated carbocycles. The fourth-order valence-electron chi connectivity index (χ4n) is 4.10. The van der Waals surface area contributed by atoms with Crippen molar-refractivity contribution in [2.24, 2.45) is 0 Å². The monoisotopic (exact) mass is 449 g/mol. The Morgan fingerprint density at radius 3 is 2.66 bits per heavy atom. The average Bonchev–Trinajstić information content (AvgIpc) is 3.41. The number of nitrogens with zero attached hydrogens (tertiary/aromatic N) is 4. The molecule has 1 aliphatic heterocycles. The average molecular weight is 450 g/mol. The summed E-state index contributed by atoms with van der Waals surface area (Å²) in [7, 11) is 5.50. The second kappa shape index (κ2) is 9.50. The van der Waals surface area contributed by atoms with Gasteiger partial charge in [-0.25, -0.2) is 4.79 Å². The SMILES string of the molecule is COC(=O)c1ccccc1-n1cccc1[C@@H]1[C@H](c2ccccn2)NC(=S)N1CCN(C)C. The summed E-state index contributed by atoms with van der Waals surface area (Å²) in [6, 6.07) is 17.2. The van der Waals surface area contributed by atoms with Crippen molar-refractivity contribution in [3.05, 3.63) is 83.9 Å². The Bertz CT molecular complexity index is 1100. The number of likely N-dealkylation sites (N-methyl/N-ethyl adjacent to an activating group) is 1. The number of thiocarbonyl (C=S) groups is 1. The molecule has 0 aliphatic carbocycles. The van der Waals surface area contributed by atoms with Crippen LogP contribution in [0, 0.1) is 0 Å². The van der Waals surface area contributed by atoms with Crippen molar-refractivity contribution in [2.45, 2.75) is 12.1 Å². The van der Waals surface area contributed by atoms with Crippen LogP contribution in [0.3, 0.4) is 0 Å². The van der Waals surface area contributed by atoms with Crippen molar-refractivity contribution in [1.82, 2.24) is 24.7 Å². The largest absolute Gasteiger partial charge is 0.465 e. The molecule has 0 unspecified atom stereocenters. The number of esters is 1. The van der Waals surface area contributed by atoms with Crippen molar-refractivity contribution < 1.29 is 9.53 Å². The second-order valence-electron chi connectivity index (χ2n) is 7.94. The lowest BCUT2D eigenvalue weighted by molar-refractivity contribution is 0.0600. The Hall–Kier alpha value is -3.23. The molecule has 3 heterocycles. The fraction of sp³-hybridized carbons (Fsp3) is 0.292. The summed E-state index contributed by atoms with van der Waals surface area (Å²) in [4.78, 5) is 21.4. The molecule has 1 aromatic carbocycles. The van der Waals surface area contributed by atoms with Gasteiger partial charge in [0.05, 0.1) is 36.1 Å². The van der Waals surface area contributed by atoms with Crippen LogP contribution in [-0.4, -0.2) is 64.7 Å². The van der Waals surface area contributed by atoms with Gasteiger partial charge in [-0.15, -0.1) is 0 Å². The van der Waals surface area contributed by atoms with Crippen LogP contribution in [0.25, 0.3) is 5.69 Å². The van der Waals surface area contributed by atoms with Gasteiger partial charge in [-0.2, -0.15) is 0 Å². The molecule has 1 fully saturated rings. The number of carbonyl (C=O) groups excluding carboxylic acids is 1. The van der Waals surface area contributed by atoms with E-state index >= 15 is 0 Å². The van der Waals surface area contributed by atoms with Crippen molar-refractivity contribution in [3.63, 3.8) is 0 Å². The van der Waals surface area contributed by atoms with Crippen LogP contribution in [0.2, 0.25) is 0 Å². The van der Waals surface area contributed by atoms with Gasteiger partial charge in [-0.3, -0.25) is 4.98 Å². The third-order valence-electron chi connectivity index (χ3n) is 5.64. The summed E-state index contributed by atoms with van der Waals surface area (Å²) in [6.07, 6.45) is 3.77. The number of pyridine rings is 1. The van der Waals surface area contributed by atoms with E-state index in [2.05, 4.69) is 26.2 Å². The maximum atomic E-state index is 12.4. The molecule has 7 nitrogen and oxygen atoms in total. The molecule has 2 aromatic heterocycles. The lowest BCUT2D eigenvalue weighted by atomic mass is 10.0. The molecule has 32 heavy (non-hydrogen) atoms. The summed E-state index contributed by atoms with van der Waals surface area (Å²) in [5.74, 6) is -0.369. The van der Waals surface area contributed by atoms with Crippen molar-refractivity contribution >= 4 is 23.3 Å². The zero-order valence-electron chi connectivity index (χ0n) is 18.4. The van der Waals surface area contributed by atoms with Gasteiger partial charge in [0.15, 0.2) is 5.11 Å². The number of nitrogens with one attached hydrogen (secondary N) is 1. The smallest absolute Gasteiger partial charge is 0.339 e. The van der Waals surface area contributed by atoms with E-state index in [1.165, 1.54) is 7.11 Å². The molecule has 1 aliphatic rings. The van der Waals surface area contributed by atoms with E-state index in [1.807, 2.05) is 67.3 Å². The van der Waals surface area contributed by atoms with E-state index in [4.69, 9.17) is 17.0 Å². The van der Waals surface area contributed by atoms with Crippen LogP contribution in [0.5, 0.6) is 0 Å². The number of hydrogen-bond donors (Lipinski definition) is 1. The van der Waals surface area contributed by atoms with E-state index in [1.54, 1.807) is 12.3 Å². The van der Waals surface area contributed by atoms with Crippen LogP contribution in [0.4, 0.5) is 0 Å². The van der Waals surface area contributed by atoms with Crippen molar-refractivity contribution in [1.29, 1.82) is 0 Å². The maximum Gasteiger partial charge on any atom is 0.339 e. The van der Waals surface area contributed by atoms with E-state index in [0.717, 1.165) is 30.2 Å². The van der Waals surface area contributed by atoms with Crippen LogP contribution in [0.15, 0.2) is 67.0 Å². The van der Waals surface area contributed by atoms with Crippen molar-refractivity contribution in [3.8, 4) is 5.69 Å². The number of benzene rings is 1. The number of methoxy groups -OCH3 is 1. The summed E-state index contributed by atoms with van der Waals surface area (Å²) in [5, 5.41) is 4.18. The summed E-state index contributed by atoms with van der Waals surface area (Å²) < 4.78 is 7.07. The third kappa shape index (κ3) is 4.24. The Morgan fingerprint density at radius 1 is 1.16 bits per heavy atom. The Labute approximate surface area is 193 Å². The first-order valence-corrected chi connectivity index (χ1v) is 10.9. The highest BCUT2D eigenvalue weighted by molar-refractivity contribution is 7.80. The first-order valence-electron chi connectivity index (χ1n) is 10.5. The van der Waals surface area contributed by atoms with Crippen LogP contribution < -0.4 is 5.32 Å². The van der Waals surface area contributed by atoms with Gasteiger partial charge in [0, 0.05) is 31.2 Å². The fourth-order valence-corrected chi connectivity index (χ4v) is 4.43. The normalized spacial score (nSPS) is 18.1. The van der Waals surface area contributed by atoms with E-state index in [9.17, 15) is 4.79 Å². The first kappa shape index (κ1) is 22.0. The van der Waals surface area contributed by atoms with Gasteiger partial charge >= 0.3 is 5.97 Å². The Kier molecular flexibility index (Phi) is 6.53. The van der Waals surface area contributed by atoms with E-state index in [0.29, 0.717) is 10.7 Å². The number of carbonyl (C=O) groups is 1. The number of para-hydroxylation sites is 1. The lowest BCUT2D eigenvalue weighted by Crippen LogP contribution is -2.36. The highest BCUT2D eigenvalue weighted by Crippen LogP contribution is 2.39. The highest BCUT2D eigenvalue weighted by atomic mass is 32.1. The molecule has 0 bridgehead atoms. The zero-order valence-corrected chi connectivity index (χ0v) is 19.2. The van der Waals surface area contributed by atoms with Gasteiger partial charge in [0.2, 0.25) is 0 Å². The lowest BCUT2D eigenvalue weighted by Gasteiger charge is -2.30. The van der Waals surface area contributed by atoms with Gasteiger partial charge < -0.3 is 24.4 Å². The highest BCUT2D eigenvalue weighted by Gasteiger charge is 2.41.